The molecular weight excluding hydrogens is 571 g/mol. The summed E-state index contributed by atoms with van der Waals surface area (Å²) in [5.74, 6) is -4.21. The summed E-state index contributed by atoms with van der Waals surface area (Å²) in [5, 5.41) is 10.7. The minimum absolute atomic E-state index is 0.129. The van der Waals surface area contributed by atoms with E-state index in [0.717, 1.165) is 6.07 Å². The Hall–Kier alpha value is -5.27. The number of hydrogen-bond acceptors (Lipinski definition) is 9. The first-order chi connectivity index (χ1) is 20.3. The maximum Gasteiger partial charge on any atom is 0.491 e. The fourth-order valence-corrected chi connectivity index (χ4v) is 3.71. The number of benzene rings is 3. The Bertz CT molecular complexity index is 1480. The molecule has 0 spiro atoms. The SMILES string of the molecule is CCOc1cc(C(Nc2ccc(C(=N)N)cc2)C(=O)NNc2ccccc2C(=O)OC(=O)C(F)(F)F)ccc1OC(C)C. The number of carbonyl (C=O) groups is 3. The Kier molecular flexibility index (Phi) is 10.6. The number of hydrazine groups is 1. The van der Waals surface area contributed by atoms with Gasteiger partial charge in [-0.15, -0.1) is 0 Å². The van der Waals surface area contributed by atoms with Crippen LogP contribution >= 0.6 is 0 Å². The van der Waals surface area contributed by atoms with Gasteiger partial charge < -0.3 is 25.3 Å². The highest BCUT2D eigenvalue weighted by Crippen LogP contribution is 2.33. The van der Waals surface area contributed by atoms with Gasteiger partial charge in [-0.25, -0.2) is 9.59 Å². The highest BCUT2D eigenvalue weighted by atomic mass is 19.4. The van der Waals surface area contributed by atoms with Gasteiger partial charge in [0, 0.05) is 11.3 Å². The van der Waals surface area contributed by atoms with Crippen LogP contribution in [0.15, 0.2) is 66.7 Å². The van der Waals surface area contributed by atoms with E-state index in [0.29, 0.717) is 34.9 Å². The first-order valence-corrected chi connectivity index (χ1v) is 12.9. The monoisotopic (exact) mass is 601 g/mol. The molecule has 0 aliphatic carbocycles. The van der Waals surface area contributed by atoms with E-state index < -0.39 is 35.6 Å². The standard InChI is InChI=1S/C29H30F3N5O6/c1-4-41-23-15-18(11-14-22(23)42-16(2)3)24(35-19-12-9-17(10-13-19)25(33)34)26(38)37-36-21-8-6-5-7-20(21)27(39)43-28(40)29(30,31)32/h5-16,24,35-36H,4H2,1-3H3,(H3,33,34)(H,37,38). The molecule has 14 heteroatoms. The van der Waals surface area contributed by atoms with Gasteiger partial charge in [0.2, 0.25) is 0 Å². The van der Waals surface area contributed by atoms with Crippen LogP contribution in [0, 0.1) is 5.41 Å². The average Bonchev–Trinajstić information content (AvgIpc) is 2.95. The van der Waals surface area contributed by atoms with Gasteiger partial charge in [0.15, 0.2) is 11.5 Å². The molecule has 0 saturated heterocycles. The third-order valence-electron chi connectivity index (χ3n) is 5.62. The number of anilines is 2. The van der Waals surface area contributed by atoms with Crippen molar-refractivity contribution in [3.8, 4) is 11.5 Å². The third kappa shape index (κ3) is 8.86. The van der Waals surface area contributed by atoms with Crippen molar-refractivity contribution in [2.75, 3.05) is 17.3 Å². The van der Waals surface area contributed by atoms with Crippen LogP contribution in [0.4, 0.5) is 24.5 Å². The van der Waals surface area contributed by atoms with Crippen LogP contribution in [0.1, 0.15) is 48.3 Å². The Morgan fingerprint density at radius 3 is 2.26 bits per heavy atom. The zero-order valence-electron chi connectivity index (χ0n) is 23.4. The molecule has 1 unspecified atom stereocenters. The van der Waals surface area contributed by atoms with Crippen LogP contribution in [0.3, 0.4) is 0 Å². The first-order valence-electron chi connectivity index (χ1n) is 12.9. The number of alkyl halides is 3. The summed E-state index contributed by atoms with van der Waals surface area (Å²) in [6, 6.07) is 15.5. The van der Waals surface area contributed by atoms with Crippen molar-refractivity contribution in [2.24, 2.45) is 5.73 Å². The van der Waals surface area contributed by atoms with E-state index in [-0.39, 0.29) is 17.6 Å². The molecule has 6 N–H and O–H groups in total. The van der Waals surface area contributed by atoms with Crippen LogP contribution in [0.25, 0.3) is 0 Å². The summed E-state index contributed by atoms with van der Waals surface area (Å²) >= 11 is 0. The van der Waals surface area contributed by atoms with Crippen LogP contribution in [0.2, 0.25) is 0 Å². The number of nitrogens with one attached hydrogen (secondary N) is 4. The minimum Gasteiger partial charge on any atom is -0.490 e. The maximum atomic E-state index is 13.5. The highest BCUT2D eigenvalue weighted by Gasteiger charge is 2.42. The molecule has 0 saturated carbocycles. The van der Waals surface area contributed by atoms with Crippen molar-refractivity contribution in [2.45, 2.75) is 39.1 Å². The summed E-state index contributed by atoms with van der Waals surface area (Å²) in [4.78, 5) is 37.0. The van der Waals surface area contributed by atoms with E-state index >= 15 is 0 Å². The number of carbonyl (C=O) groups excluding carboxylic acids is 3. The Morgan fingerprint density at radius 1 is 0.977 bits per heavy atom. The zero-order chi connectivity index (χ0) is 31.7. The molecule has 0 aliphatic rings. The van der Waals surface area contributed by atoms with Gasteiger partial charge in [0.1, 0.15) is 11.9 Å². The molecule has 0 aliphatic heterocycles. The van der Waals surface area contributed by atoms with Crippen molar-refractivity contribution in [3.05, 3.63) is 83.4 Å². The molecule has 0 fully saturated rings. The van der Waals surface area contributed by atoms with Crippen LogP contribution in [-0.4, -0.2) is 42.6 Å². The second kappa shape index (κ2) is 14.1. The molecule has 3 rings (SSSR count). The summed E-state index contributed by atoms with van der Waals surface area (Å²) in [6.07, 6.45) is -5.52. The lowest BCUT2D eigenvalue weighted by molar-refractivity contribution is -0.193. The fourth-order valence-electron chi connectivity index (χ4n) is 3.71. The zero-order valence-corrected chi connectivity index (χ0v) is 23.4. The Balaban J connectivity index is 1.91. The van der Waals surface area contributed by atoms with Crippen molar-refractivity contribution >= 4 is 35.1 Å². The predicted octanol–water partition coefficient (Wildman–Crippen LogP) is 4.70. The van der Waals surface area contributed by atoms with Crippen LogP contribution in [0.5, 0.6) is 11.5 Å². The molecule has 1 amide bonds. The Morgan fingerprint density at radius 2 is 1.65 bits per heavy atom. The van der Waals surface area contributed by atoms with E-state index in [2.05, 4.69) is 20.9 Å². The molecule has 43 heavy (non-hydrogen) atoms. The van der Waals surface area contributed by atoms with Crippen LogP contribution < -0.4 is 31.4 Å². The maximum absolute atomic E-state index is 13.5. The summed E-state index contributed by atoms with van der Waals surface area (Å²) in [6.45, 7) is 5.81. The van der Waals surface area contributed by atoms with Crippen molar-refractivity contribution < 1.29 is 41.8 Å². The topological polar surface area (TPSA) is 165 Å². The lowest BCUT2D eigenvalue weighted by atomic mass is 10.0. The first kappa shape index (κ1) is 32.2. The number of nitrogens with two attached hydrogens (primary N) is 1. The number of ether oxygens (including phenoxy) is 3. The smallest absolute Gasteiger partial charge is 0.490 e. The van der Waals surface area contributed by atoms with Gasteiger partial charge in [-0.1, -0.05) is 18.2 Å². The highest BCUT2D eigenvalue weighted by molar-refractivity contribution is 6.02. The third-order valence-corrected chi connectivity index (χ3v) is 5.62. The molecule has 0 radical (unpaired) electrons. The summed E-state index contributed by atoms with van der Waals surface area (Å²) in [5.41, 5.74) is 11.3. The van der Waals surface area contributed by atoms with Crippen molar-refractivity contribution in [1.29, 1.82) is 5.41 Å². The number of halogens is 3. The number of nitrogen functional groups attached to an aromatic ring is 1. The number of amides is 1. The van der Waals surface area contributed by atoms with Crippen molar-refractivity contribution in [3.63, 3.8) is 0 Å². The van der Waals surface area contributed by atoms with Gasteiger partial charge in [-0.2, -0.15) is 13.2 Å². The van der Waals surface area contributed by atoms with E-state index in [1.807, 2.05) is 13.8 Å². The summed E-state index contributed by atoms with van der Waals surface area (Å²) < 4.78 is 53.2. The van der Waals surface area contributed by atoms with Gasteiger partial charge in [-0.3, -0.25) is 21.1 Å². The van der Waals surface area contributed by atoms with Crippen molar-refractivity contribution in [1.82, 2.24) is 5.43 Å². The molecule has 1 atom stereocenters. The number of esters is 2. The summed E-state index contributed by atoms with van der Waals surface area (Å²) in [7, 11) is 0. The Labute approximate surface area is 245 Å². The van der Waals surface area contributed by atoms with Gasteiger partial charge in [-0.05, 0) is 74.9 Å². The number of hydrogen-bond donors (Lipinski definition) is 5. The number of amidine groups is 1. The number of para-hydroxylation sites is 1. The molecule has 3 aromatic rings. The molecule has 0 bridgehead atoms. The van der Waals surface area contributed by atoms with E-state index in [1.165, 1.54) is 18.2 Å². The molecular formula is C29H30F3N5O6. The van der Waals surface area contributed by atoms with Gasteiger partial charge in [0.25, 0.3) is 5.91 Å². The largest absolute Gasteiger partial charge is 0.491 e. The molecule has 0 heterocycles. The van der Waals surface area contributed by atoms with E-state index in [4.69, 9.17) is 20.6 Å². The molecule has 228 valence electrons. The molecule has 3 aromatic carbocycles. The van der Waals surface area contributed by atoms with Crippen LogP contribution in [-0.2, 0) is 14.3 Å². The average molecular weight is 602 g/mol. The number of rotatable bonds is 12. The predicted molar refractivity (Wildman–Crippen MR) is 152 cm³/mol. The lowest BCUT2D eigenvalue weighted by Gasteiger charge is -2.23. The second-order valence-corrected chi connectivity index (χ2v) is 9.21. The normalized spacial score (nSPS) is 11.7. The van der Waals surface area contributed by atoms with Gasteiger partial charge in [0.05, 0.1) is 24.0 Å². The van der Waals surface area contributed by atoms with E-state index in [9.17, 15) is 27.6 Å². The fraction of sp³-hybridized carbons (Fsp3) is 0.241. The second-order valence-electron chi connectivity index (χ2n) is 9.21. The van der Waals surface area contributed by atoms with E-state index in [1.54, 1.807) is 49.4 Å². The quantitative estimate of drug-likeness (QED) is 0.0651. The molecule has 0 aromatic heterocycles. The minimum atomic E-state index is -5.37. The molecule has 11 nitrogen and oxygen atoms in total. The lowest BCUT2D eigenvalue weighted by Crippen LogP contribution is -2.37. The van der Waals surface area contributed by atoms with Gasteiger partial charge >= 0.3 is 18.1 Å².